The maximum Gasteiger partial charge on any atom is 0.301 e. The van der Waals surface area contributed by atoms with Crippen LogP contribution >= 0.6 is 34.5 Å². The number of nitrogens with zero attached hydrogens (tertiary/aromatic N) is 3. The fraction of sp³-hybridized carbons (Fsp3) is 0.120. The van der Waals surface area contributed by atoms with Crippen LogP contribution in [0.2, 0.25) is 10.0 Å². The van der Waals surface area contributed by atoms with Gasteiger partial charge in [0.15, 0.2) is 5.13 Å². The summed E-state index contributed by atoms with van der Waals surface area (Å²) < 4.78 is 6.05. The van der Waals surface area contributed by atoms with E-state index in [4.69, 9.17) is 27.9 Å². The van der Waals surface area contributed by atoms with Crippen LogP contribution in [-0.4, -0.2) is 33.9 Å². The van der Waals surface area contributed by atoms with Crippen LogP contribution in [0.15, 0.2) is 60.4 Å². The molecule has 1 aliphatic heterocycles. The number of anilines is 1. The number of carbonyl (C=O) groups is 2. The lowest BCUT2D eigenvalue weighted by Gasteiger charge is -2.22. The van der Waals surface area contributed by atoms with Crippen molar-refractivity contribution in [3.8, 4) is 5.75 Å². The number of aliphatic hydroxyl groups excluding tert-OH is 1. The van der Waals surface area contributed by atoms with Crippen molar-refractivity contribution in [2.24, 2.45) is 0 Å². The summed E-state index contributed by atoms with van der Waals surface area (Å²) in [5, 5.41) is 12.4. The number of thiazole rings is 1. The van der Waals surface area contributed by atoms with Gasteiger partial charge in [-0.2, -0.15) is 0 Å². The number of aliphatic hydroxyl groups is 1. The van der Waals surface area contributed by atoms with Crippen molar-refractivity contribution < 1.29 is 19.4 Å². The summed E-state index contributed by atoms with van der Waals surface area (Å²) >= 11 is 13.9. The summed E-state index contributed by atoms with van der Waals surface area (Å²) in [6.07, 6.45) is 3.12. The fourth-order valence-electron chi connectivity index (χ4n) is 3.98. The number of fused-ring (bicyclic) bond motifs is 1. The molecule has 4 aromatic rings. The van der Waals surface area contributed by atoms with Crippen LogP contribution in [0.5, 0.6) is 5.75 Å². The number of Topliss-reactive ketones (excluding diaryl/α,β-unsaturated/α-hetero) is 1. The average molecular weight is 526 g/mol. The molecule has 1 unspecified atom stereocenters. The van der Waals surface area contributed by atoms with E-state index in [2.05, 4.69) is 9.97 Å². The monoisotopic (exact) mass is 525 g/mol. The highest BCUT2D eigenvalue weighted by Gasteiger charge is 2.48. The van der Waals surface area contributed by atoms with Crippen LogP contribution in [0, 0.1) is 6.92 Å². The molecule has 1 aliphatic rings. The van der Waals surface area contributed by atoms with Crippen LogP contribution in [0.1, 0.15) is 22.7 Å². The molecule has 5 rings (SSSR count). The van der Waals surface area contributed by atoms with E-state index < -0.39 is 23.5 Å². The molecule has 0 radical (unpaired) electrons. The third-order valence-corrected chi connectivity index (χ3v) is 7.49. The van der Waals surface area contributed by atoms with Gasteiger partial charge >= 0.3 is 5.91 Å². The number of rotatable bonds is 4. The second kappa shape index (κ2) is 8.96. The maximum atomic E-state index is 13.3. The van der Waals surface area contributed by atoms with Crippen molar-refractivity contribution in [1.29, 1.82) is 0 Å². The number of methoxy groups -OCH3 is 1. The Bertz CT molecular complexity index is 1500. The van der Waals surface area contributed by atoms with Gasteiger partial charge in [0, 0.05) is 23.0 Å². The maximum absolute atomic E-state index is 13.3. The Morgan fingerprint density at radius 3 is 2.66 bits per heavy atom. The van der Waals surface area contributed by atoms with Gasteiger partial charge in [-0.1, -0.05) is 40.6 Å². The zero-order chi connectivity index (χ0) is 24.9. The van der Waals surface area contributed by atoms with Crippen LogP contribution in [0.4, 0.5) is 5.13 Å². The molecule has 1 fully saturated rings. The van der Waals surface area contributed by atoms with E-state index in [9.17, 15) is 14.7 Å². The molecule has 0 saturated carbocycles. The lowest BCUT2D eigenvalue weighted by molar-refractivity contribution is -0.132. The highest BCUT2D eigenvalue weighted by atomic mass is 35.5. The number of halogens is 2. The van der Waals surface area contributed by atoms with Crippen LogP contribution in [0.3, 0.4) is 0 Å². The Morgan fingerprint density at radius 1 is 1.14 bits per heavy atom. The molecule has 2 aromatic carbocycles. The number of amides is 1. The van der Waals surface area contributed by atoms with E-state index in [-0.39, 0.29) is 16.2 Å². The third-order valence-electron chi connectivity index (χ3n) is 5.74. The molecule has 3 heterocycles. The van der Waals surface area contributed by atoms with Crippen molar-refractivity contribution in [3.05, 3.63) is 87.2 Å². The second-order valence-corrected chi connectivity index (χ2v) is 9.69. The zero-order valence-corrected chi connectivity index (χ0v) is 20.8. The molecule has 176 valence electrons. The van der Waals surface area contributed by atoms with Crippen LogP contribution < -0.4 is 9.64 Å². The number of carbonyl (C=O) groups excluding carboxylic acids is 2. The van der Waals surface area contributed by atoms with E-state index in [1.807, 2.05) is 13.0 Å². The summed E-state index contributed by atoms with van der Waals surface area (Å²) in [6, 6.07) is 10.7. The van der Waals surface area contributed by atoms with E-state index >= 15 is 0 Å². The number of hydrogen-bond acceptors (Lipinski definition) is 7. The predicted molar refractivity (Wildman–Crippen MR) is 136 cm³/mol. The average Bonchev–Trinajstić information content (AvgIpc) is 3.37. The Kier molecular flexibility index (Phi) is 5.96. The van der Waals surface area contributed by atoms with Gasteiger partial charge in [0.1, 0.15) is 11.5 Å². The van der Waals surface area contributed by atoms with Gasteiger partial charge in [0.2, 0.25) is 0 Å². The molecule has 1 atom stereocenters. The highest BCUT2D eigenvalue weighted by Crippen LogP contribution is 2.45. The van der Waals surface area contributed by atoms with E-state index in [1.54, 1.807) is 42.7 Å². The summed E-state index contributed by atoms with van der Waals surface area (Å²) in [6.45, 7) is 1.88. The standard InChI is InChI=1S/C25H17Cl2N3O4S/c1-12-8-19-18(10-17(12)27)29-25(35-19)30-21(13-4-3-7-28-11-13)20(23(32)24(30)33)22(31)15-9-14(34-2)5-6-16(15)26/h3-11,21,31H,1-2H3/b22-20+. The van der Waals surface area contributed by atoms with E-state index in [1.165, 1.54) is 29.4 Å². The van der Waals surface area contributed by atoms with Crippen molar-refractivity contribution in [3.63, 3.8) is 0 Å². The smallest absolute Gasteiger partial charge is 0.301 e. The first-order valence-corrected chi connectivity index (χ1v) is 12.0. The summed E-state index contributed by atoms with van der Waals surface area (Å²) in [5.41, 5.74) is 2.05. The molecule has 0 aliphatic carbocycles. The SMILES string of the molecule is COc1ccc(Cl)c(/C(O)=C2\C(=O)C(=O)N(c3nc4cc(Cl)c(C)cc4s3)C2c2cccnc2)c1. The van der Waals surface area contributed by atoms with Gasteiger partial charge in [0.25, 0.3) is 5.78 Å². The molecule has 7 nitrogen and oxygen atoms in total. The number of ketones is 1. The van der Waals surface area contributed by atoms with Gasteiger partial charge in [-0.15, -0.1) is 0 Å². The quantitative estimate of drug-likeness (QED) is 0.201. The minimum Gasteiger partial charge on any atom is -0.507 e. The molecule has 2 aromatic heterocycles. The lowest BCUT2D eigenvalue weighted by Crippen LogP contribution is -2.29. The second-order valence-electron chi connectivity index (χ2n) is 7.87. The first-order chi connectivity index (χ1) is 16.8. The Morgan fingerprint density at radius 2 is 1.94 bits per heavy atom. The number of pyridine rings is 1. The number of aryl methyl sites for hydroxylation is 1. The molecular weight excluding hydrogens is 509 g/mol. The predicted octanol–water partition coefficient (Wildman–Crippen LogP) is 5.94. The lowest BCUT2D eigenvalue weighted by atomic mass is 9.96. The molecule has 1 saturated heterocycles. The molecule has 35 heavy (non-hydrogen) atoms. The van der Waals surface area contributed by atoms with Crippen LogP contribution in [0.25, 0.3) is 16.0 Å². The third kappa shape index (κ3) is 3.93. The normalized spacial score (nSPS) is 17.4. The molecule has 1 N–H and O–H groups in total. The molecular formula is C25H17Cl2N3O4S. The summed E-state index contributed by atoms with van der Waals surface area (Å²) in [7, 11) is 1.47. The van der Waals surface area contributed by atoms with Crippen LogP contribution in [-0.2, 0) is 9.59 Å². The number of ether oxygens (including phenoxy) is 1. The van der Waals surface area contributed by atoms with Crippen molar-refractivity contribution in [2.75, 3.05) is 12.0 Å². The summed E-state index contributed by atoms with van der Waals surface area (Å²) in [5.74, 6) is -1.66. The van der Waals surface area contributed by atoms with Gasteiger partial charge < -0.3 is 9.84 Å². The fourth-order valence-corrected chi connectivity index (χ4v) is 5.42. The first-order valence-electron chi connectivity index (χ1n) is 10.4. The zero-order valence-electron chi connectivity index (χ0n) is 18.5. The number of benzene rings is 2. The first kappa shape index (κ1) is 23.3. The van der Waals surface area contributed by atoms with Crippen molar-refractivity contribution in [1.82, 2.24) is 9.97 Å². The Hall–Kier alpha value is -3.46. The minimum absolute atomic E-state index is 0.119. The topological polar surface area (TPSA) is 92.6 Å². The van der Waals surface area contributed by atoms with E-state index in [0.717, 1.165) is 10.3 Å². The Balaban J connectivity index is 1.74. The molecule has 0 bridgehead atoms. The molecule has 1 amide bonds. The number of aromatic nitrogens is 2. The van der Waals surface area contributed by atoms with Gasteiger partial charge in [-0.05, 0) is 54.4 Å². The van der Waals surface area contributed by atoms with Gasteiger partial charge in [-0.3, -0.25) is 19.5 Å². The minimum atomic E-state index is -0.969. The molecule has 10 heteroatoms. The van der Waals surface area contributed by atoms with E-state index in [0.29, 0.717) is 27.0 Å². The largest absolute Gasteiger partial charge is 0.507 e. The summed E-state index contributed by atoms with van der Waals surface area (Å²) in [4.78, 5) is 36.7. The van der Waals surface area contributed by atoms with Gasteiger partial charge in [0.05, 0.1) is 34.0 Å². The van der Waals surface area contributed by atoms with Crippen molar-refractivity contribution in [2.45, 2.75) is 13.0 Å². The van der Waals surface area contributed by atoms with Gasteiger partial charge in [-0.25, -0.2) is 4.98 Å². The highest BCUT2D eigenvalue weighted by molar-refractivity contribution is 7.22. The number of hydrogen-bond donors (Lipinski definition) is 1. The Labute approximate surface area is 214 Å². The van der Waals surface area contributed by atoms with Crippen molar-refractivity contribution >= 4 is 67.3 Å². The molecule has 0 spiro atoms.